The molecule has 0 saturated carbocycles. The van der Waals surface area contributed by atoms with Crippen LogP contribution in [-0.2, 0) is 27.5 Å². The van der Waals surface area contributed by atoms with Crippen LogP contribution < -0.4 is 10.0 Å². The number of benzene rings is 2. The lowest BCUT2D eigenvalue weighted by molar-refractivity contribution is -0.137. The average molecular weight is 443 g/mol. The van der Waals surface area contributed by atoms with E-state index in [0.717, 1.165) is 18.2 Å². The zero-order chi connectivity index (χ0) is 22.5. The molecule has 30 heavy (non-hydrogen) atoms. The molecule has 0 heterocycles. The fourth-order valence-electron chi connectivity index (χ4n) is 2.37. The monoisotopic (exact) mass is 443 g/mol. The van der Waals surface area contributed by atoms with Gasteiger partial charge in [-0.3, -0.25) is 9.59 Å². The predicted molar refractivity (Wildman–Crippen MR) is 103 cm³/mol. The fourth-order valence-corrected chi connectivity index (χ4v) is 3.40. The maximum absolute atomic E-state index is 12.7. The molecule has 7 nitrogen and oxygen atoms in total. The van der Waals surface area contributed by atoms with E-state index in [9.17, 15) is 31.2 Å². The highest BCUT2D eigenvalue weighted by molar-refractivity contribution is 7.89. The minimum Gasteiger partial charge on any atom is -0.351 e. The van der Waals surface area contributed by atoms with Gasteiger partial charge in [-0.2, -0.15) is 13.2 Å². The summed E-state index contributed by atoms with van der Waals surface area (Å²) < 4.78 is 64.5. The van der Waals surface area contributed by atoms with E-state index >= 15 is 0 Å². The first kappa shape index (κ1) is 23.4. The van der Waals surface area contributed by atoms with Crippen molar-refractivity contribution in [2.24, 2.45) is 0 Å². The molecule has 0 spiro atoms. The van der Waals surface area contributed by atoms with Gasteiger partial charge in [-0.05, 0) is 35.9 Å². The second-order valence-corrected chi connectivity index (χ2v) is 8.29. The number of hydrogen-bond acceptors (Lipinski definition) is 4. The standard InChI is InChI=1S/C19H20F3N3O4S/c1-25(2)18(27)14-8-6-13(7-9-14)11-23-17(26)12-24-30(28,29)16-5-3-4-15(10-16)19(20,21)22/h3-10,24H,11-12H2,1-2H3,(H,23,26). The molecule has 2 aromatic carbocycles. The average Bonchev–Trinajstić information content (AvgIpc) is 2.70. The zero-order valence-electron chi connectivity index (χ0n) is 16.2. The Labute approximate surface area is 171 Å². The summed E-state index contributed by atoms with van der Waals surface area (Å²) in [5, 5.41) is 2.49. The second kappa shape index (κ2) is 9.26. The highest BCUT2D eigenvalue weighted by atomic mass is 32.2. The Hall–Kier alpha value is -2.92. The molecule has 0 saturated heterocycles. The maximum Gasteiger partial charge on any atom is 0.416 e. The van der Waals surface area contributed by atoms with E-state index in [0.29, 0.717) is 17.2 Å². The van der Waals surface area contributed by atoms with Crippen molar-refractivity contribution >= 4 is 21.8 Å². The van der Waals surface area contributed by atoms with Crippen molar-refractivity contribution in [2.45, 2.75) is 17.6 Å². The van der Waals surface area contributed by atoms with Gasteiger partial charge in [0.05, 0.1) is 17.0 Å². The molecule has 2 amide bonds. The SMILES string of the molecule is CN(C)C(=O)c1ccc(CNC(=O)CNS(=O)(=O)c2cccc(C(F)(F)F)c2)cc1. The lowest BCUT2D eigenvalue weighted by Gasteiger charge is -2.11. The summed E-state index contributed by atoms with van der Waals surface area (Å²) in [6, 6.07) is 9.71. The largest absolute Gasteiger partial charge is 0.416 e. The van der Waals surface area contributed by atoms with Crippen molar-refractivity contribution in [1.29, 1.82) is 0 Å². The molecule has 0 atom stereocenters. The Balaban J connectivity index is 1.92. The molecule has 162 valence electrons. The van der Waals surface area contributed by atoms with Gasteiger partial charge in [0, 0.05) is 26.2 Å². The summed E-state index contributed by atoms with van der Waals surface area (Å²) in [4.78, 5) is 24.6. The summed E-state index contributed by atoms with van der Waals surface area (Å²) >= 11 is 0. The molecule has 0 aliphatic rings. The summed E-state index contributed by atoms with van der Waals surface area (Å²) in [6.45, 7) is -0.559. The molecular formula is C19H20F3N3O4S. The Bertz CT molecular complexity index is 1020. The molecule has 0 radical (unpaired) electrons. The van der Waals surface area contributed by atoms with Crippen LogP contribution in [0.4, 0.5) is 13.2 Å². The van der Waals surface area contributed by atoms with E-state index in [2.05, 4.69) is 5.32 Å². The number of nitrogens with one attached hydrogen (secondary N) is 2. The van der Waals surface area contributed by atoms with Crippen molar-refractivity contribution in [3.63, 3.8) is 0 Å². The van der Waals surface area contributed by atoms with E-state index < -0.39 is 39.1 Å². The molecule has 11 heteroatoms. The third-order valence-electron chi connectivity index (χ3n) is 3.99. The van der Waals surface area contributed by atoms with Crippen LogP contribution in [-0.4, -0.2) is 45.8 Å². The normalized spacial score (nSPS) is 11.8. The first-order chi connectivity index (χ1) is 13.9. The number of nitrogens with zero attached hydrogens (tertiary/aromatic N) is 1. The Morgan fingerprint density at radius 2 is 1.67 bits per heavy atom. The summed E-state index contributed by atoms with van der Waals surface area (Å²) in [6.07, 6.45) is -4.68. The van der Waals surface area contributed by atoms with Gasteiger partial charge >= 0.3 is 6.18 Å². The number of halogens is 3. The first-order valence-electron chi connectivity index (χ1n) is 8.64. The fraction of sp³-hybridized carbons (Fsp3) is 0.263. The maximum atomic E-state index is 12.7. The van der Waals surface area contributed by atoms with Crippen LogP contribution >= 0.6 is 0 Å². The Kier molecular flexibility index (Phi) is 7.21. The number of amides is 2. The molecule has 0 aliphatic carbocycles. The topological polar surface area (TPSA) is 95.6 Å². The van der Waals surface area contributed by atoms with Gasteiger partial charge in [-0.15, -0.1) is 0 Å². The Morgan fingerprint density at radius 3 is 2.23 bits per heavy atom. The molecule has 2 N–H and O–H groups in total. The van der Waals surface area contributed by atoms with Gasteiger partial charge in [0.1, 0.15) is 0 Å². The van der Waals surface area contributed by atoms with Crippen molar-refractivity contribution in [1.82, 2.24) is 14.9 Å². The summed E-state index contributed by atoms with van der Waals surface area (Å²) in [5.41, 5.74) is 0.0503. The second-order valence-electron chi connectivity index (χ2n) is 6.52. The summed E-state index contributed by atoms with van der Waals surface area (Å²) in [7, 11) is -1.05. The molecule has 0 bridgehead atoms. The van der Waals surface area contributed by atoms with Crippen LogP contribution in [0.3, 0.4) is 0 Å². The number of sulfonamides is 1. The lowest BCUT2D eigenvalue weighted by atomic mass is 10.1. The molecular weight excluding hydrogens is 423 g/mol. The number of rotatable bonds is 7. The third kappa shape index (κ3) is 6.29. The molecule has 0 fully saturated rings. The van der Waals surface area contributed by atoms with Crippen molar-refractivity contribution in [2.75, 3.05) is 20.6 Å². The van der Waals surface area contributed by atoms with Crippen LogP contribution in [0.1, 0.15) is 21.5 Å². The van der Waals surface area contributed by atoms with Crippen LogP contribution in [0.5, 0.6) is 0 Å². The van der Waals surface area contributed by atoms with E-state index in [1.807, 2.05) is 4.72 Å². The van der Waals surface area contributed by atoms with Gasteiger partial charge in [-0.1, -0.05) is 18.2 Å². The number of carbonyl (C=O) groups is 2. The quantitative estimate of drug-likeness (QED) is 0.684. The highest BCUT2D eigenvalue weighted by Gasteiger charge is 2.31. The van der Waals surface area contributed by atoms with Crippen LogP contribution in [0.25, 0.3) is 0 Å². The van der Waals surface area contributed by atoms with Gasteiger partial charge < -0.3 is 10.2 Å². The van der Waals surface area contributed by atoms with Gasteiger partial charge in [0.2, 0.25) is 15.9 Å². The number of alkyl halides is 3. The van der Waals surface area contributed by atoms with E-state index in [1.54, 1.807) is 38.4 Å². The minimum absolute atomic E-state index is 0.0839. The minimum atomic E-state index is -4.68. The van der Waals surface area contributed by atoms with E-state index in [1.165, 1.54) is 4.90 Å². The van der Waals surface area contributed by atoms with E-state index in [-0.39, 0.29) is 12.5 Å². The van der Waals surface area contributed by atoms with Crippen molar-refractivity contribution in [3.8, 4) is 0 Å². The molecule has 2 aromatic rings. The zero-order valence-corrected chi connectivity index (χ0v) is 17.0. The smallest absolute Gasteiger partial charge is 0.351 e. The van der Waals surface area contributed by atoms with Gasteiger partial charge in [0.25, 0.3) is 5.91 Å². The van der Waals surface area contributed by atoms with Crippen molar-refractivity contribution in [3.05, 3.63) is 65.2 Å². The number of carbonyl (C=O) groups excluding carboxylic acids is 2. The molecule has 0 aromatic heterocycles. The summed E-state index contributed by atoms with van der Waals surface area (Å²) in [5.74, 6) is -0.839. The predicted octanol–water partition coefficient (Wildman–Crippen LogP) is 2.00. The van der Waals surface area contributed by atoms with Gasteiger partial charge in [0.15, 0.2) is 0 Å². The molecule has 2 rings (SSSR count). The van der Waals surface area contributed by atoms with Crippen LogP contribution in [0.15, 0.2) is 53.4 Å². The molecule has 0 unspecified atom stereocenters. The lowest BCUT2D eigenvalue weighted by Crippen LogP contribution is -2.36. The first-order valence-corrected chi connectivity index (χ1v) is 10.1. The number of hydrogen-bond donors (Lipinski definition) is 2. The van der Waals surface area contributed by atoms with Crippen LogP contribution in [0, 0.1) is 0 Å². The van der Waals surface area contributed by atoms with Crippen LogP contribution in [0.2, 0.25) is 0 Å². The van der Waals surface area contributed by atoms with Crippen molar-refractivity contribution < 1.29 is 31.2 Å². The Morgan fingerprint density at radius 1 is 1.03 bits per heavy atom. The van der Waals surface area contributed by atoms with Gasteiger partial charge in [-0.25, -0.2) is 13.1 Å². The van der Waals surface area contributed by atoms with E-state index in [4.69, 9.17) is 0 Å². The highest BCUT2D eigenvalue weighted by Crippen LogP contribution is 2.30. The molecule has 0 aliphatic heterocycles. The third-order valence-corrected chi connectivity index (χ3v) is 5.39.